The van der Waals surface area contributed by atoms with Crippen LogP contribution in [0.15, 0.2) is 23.1 Å². The van der Waals surface area contributed by atoms with Crippen molar-refractivity contribution in [3.05, 3.63) is 18.2 Å². The van der Waals surface area contributed by atoms with Crippen LogP contribution in [0.1, 0.15) is 25.7 Å². The van der Waals surface area contributed by atoms with Gasteiger partial charge < -0.3 is 9.47 Å². The van der Waals surface area contributed by atoms with Crippen molar-refractivity contribution in [2.75, 3.05) is 13.2 Å². The first-order valence-electron chi connectivity index (χ1n) is 5.98. The van der Waals surface area contributed by atoms with Crippen LogP contribution in [0.2, 0.25) is 0 Å². The average Bonchev–Trinajstić information content (AvgIpc) is 2.82. The Bertz CT molecular complexity index is 372. The van der Waals surface area contributed by atoms with Crippen LogP contribution in [0, 0.1) is 0 Å². The molecule has 1 heterocycles. The number of hydrogen-bond acceptors (Lipinski definition) is 3. The number of ether oxygens (including phenoxy) is 2. The van der Waals surface area contributed by atoms with Crippen LogP contribution in [0.3, 0.4) is 0 Å². The van der Waals surface area contributed by atoms with Gasteiger partial charge in [-0.1, -0.05) is 12.8 Å². The first-order valence-corrected chi connectivity index (χ1v) is 6.86. The molecule has 1 aromatic carbocycles. The number of benzene rings is 1. The maximum absolute atomic E-state index is 5.59. The van der Waals surface area contributed by atoms with Gasteiger partial charge in [0.2, 0.25) is 0 Å². The Morgan fingerprint density at radius 3 is 2.56 bits per heavy atom. The van der Waals surface area contributed by atoms with E-state index in [2.05, 4.69) is 12.1 Å². The Balaban J connectivity index is 1.74. The number of fused-ring (bicyclic) bond motifs is 1. The Hall–Kier alpha value is -0.830. The summed E-state index contributed by atoms with van der Waals surface area (Å²) in [5, 5.41) is 0.808. The van der Waals surface area contributed by atoms with Gasteiger partial charge >= 0.3 is 0 Å². The first kappa shape index (κ1) is 10.3. The Morgan fingerprint density at radius 2 is 1.75 bits per heavy atom. The number of thioether (sulfide) groups is 1. The maximum Gasteiger partial charge on any atom is 0.162 e. The Labute approximate surface area is 100 Å². The molecule has 1 fully saturated rings. The third kappa shape index (κ3) is 2.14. The van der Waals surface area contributed by atoms with Gasteiger partial charge in [0.05, 0.1) is 0 Å². The minimum absolute atomic E-state index is 0.669. The van der Waals surface area contributed by atoms with Gasteiger partial charge in [0.1, 0.15) is 13.2 Å². The lowest BCUT2D eigenvalue weighted by molar-refractivity contribution is 0.171. The van der Waals surface area contributed by atoms with Crippen molar-refractivity contribution in [1.82, 2.24) is 0 Å². The molecule has 0 atom stereocenters. The second kappa shape index (κ2) is 4.58. The zero-order valence-corrected chi connectivity index (χ0v) is 10.1. The lowest BCUT2D eigenvalue weighted by atomic mass is 10.3. The van der Waals surface area contributed by atoms with Gasteiger partial charge in [0, 0.05) is 10.1 Å². The summed E-state index contributed by atoms with van der Waals surface area (Å²) in [5.41, 5.74) is 0. The lowest BCUT2D eigenvalue weighted by Gasteiger charge is -2.19. The molecule has 3 rings (SSSR count). The van der Waals surface area contributed by atoms with E-state index in [1.807, 2.05) is 17.8 Å². The van der Waals surface area contributed by atoms with E-state index >= 15 is 0 Å². The van der Waals surface area contributed by atoms with Crippen molar-refractivity contribution in [1.29, 1.82) is 0 Å². The standard InChI is InChI=1S/C13H16O2S/c1-2-4-10(3-1)16-11-5-6-12-13(9-11)15-8-7-14-12/h5-6,9-10H,1-4,7-8H2. The highest BCUT2D eigenvalue weighted by molar-refractivity contribution is 8.00. The molecule has 0 unspecified atom stereocenters. The topological polar surface area (TPSA) is 18.5 Å². The molecule has 0 radical (unpaired) electrons. The van der Waals surface area contributed by atoms with E-state index in [0.29, 0.717) is 13.2 Å². The highest BCUT2D eigenvalue weighted by Crippen LogP contribution is 2.39. The zero-order chi connectivity index (χ0) is 10.8. The summed E-state index contributed by atoms with van der Waals surface area (Å²) in [6, 6.07) is 6.31. The first-order chi connectivity index (χ1) is 7.92. The fourth-order valence-electron chi connectivity index (χ4n) is 2.30. The molecule has 1 aliphatic heterocycles. The molecule has 86 valence electrons. The molecule has 2 nitrogen and oxygen atoms in total. The normalized spacial score (nSPS) is 20.0. The summed E-state index contributed by atoms with van der Waals surface area (Å²) in [7, 11) is 0. The van der Waals surface area contributed by atoms with Crippen LogP contribution in [0.4, 0.5) is 0 Å². The minimum atomic E-state index is 0.669. The molecule has 0 spiro atoms. The molecule has 1 saturated carbocycles. The van der Waals surface area contributed by atoms with Crippen molar-refractivity contribution >= 4 is 11.8 Å². The van der Waals surface area contributed by atoms with Crippen LogP contribution in [-0.4, -0.2) is 18.5 Å². The highest BCUT2D eigenvalue weighted by atomic mass is 32.2. The average molecular weight is 236 g/mol. The van der Waals surface area contributed by atoms with Crippen molar-refractivity contribution in [3.63, 3.8) is 0 Å². The third-order valence-electron chi connectivity index (χ3n) is 3.12. The van der Waals surface area contributed by atoms with Crippen molar-refractivity contribution < 1.29 is 9.47 Å². The fraction of sp³-hybridized carbons (Fsp3) is 0.538. The van der Waals surface area contributed by atoms with E-state index < -0.39 is 0 Å². The van der Waals surface area contributed by atoms with Crippen molar-refractivity contribution in [2.45, 2.75) is 35.8 Å². The van der Waals surface area contributed by atoms with Gasteiger partial charge in [0.15, 0.2) is 11.5 Å². The van der Waals surface area contributed by atoms with Gasteiger partial charge in [-0.15, -0.1) is 11.8 Å². The van der Waals surface area contributed by atoms with Crippen LogP contribution in [0.25, 0.3) is 0 Å². The monoisotopic (exact) mass is 236 g/mol. The van der Waals surface area contributed by atoms with Crippen LogP contribution < -0.4 is 9.47 Å². The summed E-state index contributed by atoms with van der Waals surface area (Å²) < 4.78 is 11.1. The molecule has 0 aromatic heterocycles. The summed E-state index contributed by atoms with van der Waals surface area (Å²) in [6.07, 6.45) is 5.50. The molecule has 0 N–H and O–H groups in total. The van der Waals surface area contributed by atoms with Gasteiger partial charge in [0.25, 0.3) is 0 Å². The molecule has 0 bridgehead atoms. The molecule has 16 heavy (non-hydrogen) atoms. The molecule has 1 aliphatic carbocycles. The molecular weight excluding hydrogens is 220 g/mol. The summed E-state index contributed by atoms with van der Waals surface area (Å²) in [6.45, 7) is 1.34. The van der Waals surface area contributed by atoms with Crippen LogP contribution in [0.5, 0.6) is 11.5 Å². The second-order valence-electron chi connectivity index (χ2n) is 4.33. The third-order valence-corrected chi connectivity index (χ3v) is 4.45. The fourth-order valence-corrected chi connectivity index (χ4v) is 3.57. The van der Waals surface area contributed by atoms with Crippen LogP contribution in [-0.2, 0) is 0 Å². The zero-order valence-electron chi connectivity index (χ0n) is 9.28. The van der Waals surface area contributed by atoms with E-state index in [4.69, 9.17) is 9.47 Å². The van der Waals surface area contributed by atoms with E-state index in [1.165, 1.54) is 30.6 Å². The molecule has 3 heteroatoms. The molecule has 0 saturated heterocycles. The number of rotatable bonds is 2. The molecule has 2 aliphatic rings. The van der Waals surface area contributed by atoms with Crippen LogP contribution >= 0.6 is 11.8 Å². The second-order valence-corrected chi connectivity index (χ2v) is 5.70. The summed E-state index contributed by atoms with van der Waals surface area (Å²) in [4.78, 5) is 1.32. The van der Waals surface area contributed by atoms with Gasteiger partial charge in [-0.05, 0) is 31.0 Å². The van der Waals surface area contributed by atoms with Gasteiger partial charge in [-0.2, -0.15) is 0 Å². The molecular formula is C13H16O2S. The predicted octanol–water partition coefficient (Wildman–Crippen LogP) is 3.49. The largest absolute Gasteiger partial charge is 0.486 e. The van der Waals surface area contributed by atoms with E-state index in [9.17, 15) is 0 Å². The molecule has 1 aromatic rings. The molecule has 0 amide bonds. The maximum atomic E-state index is 5.59. The Kier molecular flexibility index (Phi) is 2.96. The van der Waals surface area contributed by atoms with Crippen molar-refractivity contribution in [3.8, 4) is 11.5 Å². The van der Waals surface area contributed by atoms with E-state index in [-0.39, 0.29) is 0 Å². The summed E-state index contributed by atoms with van der Waals surface area (Å²) in [5.74, 6) is 1.80. The minimum Gasteiger partial charge on any atom is -0.486 e. The number of hydrogen-bond donors (Lipinski definition) is 0. The smallest absolute Gasteiger partial charge is 0.162 e. The van der Waals surface area contributed by atoms with E-state index in [0.717, 1.165) is 16.7 Å². The van der Waals surface area contributed by atoms with E-state index in [1.54, 1.807) is 0 Å². The van der Waals surface area contributed by atoms with Crippen molar-refractivity contribution in [2.24, 2.45) is 0 Å². The SMILES string of the molecule is c1cc2c(cc1SC1CCCC1)OCCO2. The van der Waals surface area contributed by atoms with Gasteiger partial charge in [-0.25, -0.2) is 0 Å². The predicted molar refractivity (Wildman–Crippen MR) is 65.5 cm³/mol. The highest BCUT2D eigenvalue weighted by Gasteiger charge is 2.18. The Morgan fingerprint density at radius 1 is 1.00 bits per heavy atom. The van der Waals surface area contributed by atoms with Gasteiger partial charge in [-0.3, -0.25) is 0 Å². The quantitative estimate of drug-likeness (QED) is 0.783. The lowest BCUT2D eigenvalue weighted by Crippen LogP contribution is -2.15. The summed E-state index contributed by atoms with van der Waals surface area (Å²) >= 11 is 1.99.